The molecule has 1 N–H and O–H groups in total. The van der Waals surface area contributed by atoms with E-state index in [2.05, 4.69) is 4.98 Å². The van der Waals surface area contributed by atoms with Crippen LogP contribution < -0.4 is 4.74 Å². The summed E-state index contributed by atoms with van der Waals surface area (Å²) in [5, 5.41) is 17.7. The van der Waals surface area contributed by atoms with E-state index < -0.39 is 6.09 Å². The minimum absolute atomic E-state index is 0.174. The number of likely N-dealkylation sites (tertiary alicyclic amines) is 1. The average Bonchev–Trinajstić information content (AvgIpc) is 2.85. The molecule has 1 amide bonds. The zero-order valence-electron chi connectivity index (χ0n) is 9.74. The van der Waals surface area contributed by atoms with Gasteiger partial charge in [0, 0.05) is 25.2 Å². The smallest absolute Gasteiger partial charge is 0.407 e. The monoisotopic (exact) mass is 247 g/mol. The Labute approximate surface area is 104 Å². The van der Waals surface area contributed by atoms with E-state index >= 15 is 0 Å². The van der Waals surface area contributed by atoms with Gasteiger partial charge in [0.05, 0.1) is 18.4 Å². The fraction of sp³-hybridized carbons (Fsp3) is 0.417. The van der Waals surface area contributed by atoms with Crippen molar-refractivity contribution in [3.63, 3.8) is 0 Å². The second-order valence-electron chi connectivity index (χ2n) is 4.18. The van der Waals surface area contributed by atoms with Crippen LogP contribution in [0.25, 0.3) is 0 Å². The first-order valence-corrected chi connectivity index (χ1v) is 5.65. The second-order valence-corrected chi connectivity index (χ2v) is 4.18. The van der Waals surface area contributed by atoms with Crippen LogP contribution >= 0.6 is 0 Å². The normalized spacial score (nSPS) is 18.4. The summed E-state index contributed by atoms with van der Waals surface area (Å²) in [5.41, 5.74) is 0.443. The lowest BCUT2D eigenvalue weighted by molar-refractivity contribution is 0.151. The van der Waals surface area contributed by atoms with E-state index in [0.29, 0.717) is 31.0 Å². The number of hydrogen-bond acceptors (Lipinski definition) is 4. The van der Waals surface area contributed by atoms with Crippen LogP contribution in [-0.4, -0.2) is 40.8 Å². The van der Waals surface area contributed by atoms with Gasteiger partial charge in [0.15, 0.2) is 5.75 Å². The summed E-state index contributed by atoms with van der Waals surface area (Å²) >= 11 is 0. The fourth-order valence-electron chi connectivity index (χ4n) is 1.94. The van der Waals surface area contributed by atoms with Crippen LogP contribution in [-0.2, 0) is 0 Å². The number of amides is 1. The van der Waals surface area contributed by atoms with Gasteiger partial charge in [-0.1, -0.05) is 0 Å². The van der Waals surface area contributed by atoms with Gasteiger partial charge >= 0.3 is 6.09 Å². The van der Waals surface area contributed by atoms with E-state index in [1.807, 2.05) is 6.07 Å². The molecule has 0 bridgehead atoms. The second kappa shape index (κ2) is 5.36. The average molecular weight is 247 g/mol. The van der Waals surface area contributed by atoms with Gasteiger partial charge in [0.25, 0.3) is 0 Å². The van der Waals surface area contributed by atoms with Crippen LogP contribution in [0.3, 0.4) is 0 Å². The number of aromatic nitrogens is 1. The molecule has 1 atom stereocenters. The molecule has 2 heterocycles. The molecular formula is C12H13N3O3. The maximum absolute atomic E-state index is 10.8. The number of hydrogen-bond donors (Lipinski definition) is 1. The van der Waals surface area contributed by atoms with Crippen molar-refractivity contribution in [2.75, 3.05) is 19.7 Å². The Bertz CT molecular complexity index is 484. The van der Waals surface area contributed by atoms with Crippen LogP contribution in [0.1, 0.15) is 12.0 Å². The van der Waals surface area contributed by atoms with Crippen molar-refractivity contribution in [2.45, 2.75) is 6.42 Å². The van der Waals surface area contributed by atoms with Crippen LogP contribution in [0.4, 0.5) is 4.79 Å². The Balaban J connectivity index is 1.89. The molecule has 1 aromatic rings. The van der Waals surface area contributed by atoms with Crippen LogP contribution in [0.15, 0.2) is 18.5 Å². The lowest BCUT2D eigenvalue weighted by Gasteiger charge is -2.13. The molecule has 0 aromatic carbocycles. The molecule has 0 spiro atoms. The summed E-state index contributed by atoms with van der Waals surface area (Å²) in [6, 6.07) is 3.62. The number of nitriles is 1. The van der Waals surface area contributed by atoms with Crippen molar-refractivity contribution in [1.29, 1.82) is 5.26 Å². The third-order valence-electron chi connectivity index (χ3n) is 2.94. The number of nitrogens with zero attached hydrogens (tertiary/aromatic N) is 3. The molecule has 1 aliphatic heterocycles. The molecule has 0 aliphatic carbocycles. The summed E-state index contributed by atoms with van der Waals surface area (Å²) in [6.07, 6.45) is 2.93. The quantitative estimate of drug-likeness (QED) is 0.870. The maximum atomic E-state index is 10.8. The van der Waals surface area contributed by atoms with Crippen LogP contribution in [0, 0.1) is 17.2 Å². The van der Waals surface area contributed by atoms with Gasteiger partial charge in [-0.2, -0.15) is 5.26 Å². The van der Waals surface area contributed by atoms with Crippen molar-refractivity contribution >= 4 is 6.09 Å². The van der Waals surface area contributed by atoms with Crippen molar-refractivity contribution < 1.29 is 14.6 Å². The molecule has 1 saturated heterocycles. The van der Waals surface area contributed by atoms with E-state index in [9.17, 15) is 4.79 Å². The molecule has 1 fully saturated rings. The number of rotatable bonds is 3. The zero-order chi connectivity index (χ0) is 13.0. The number of carboxylic acid groups (broad SMARTS) is 1. The number of carbonyl (C=O) groups is 1. The van der Waals surface area contributed by atoms with Gasteiger partial charge < -0.3 is 14.7 Å². The first-order chi connectivity index (χ1) is 8.70. The van der Waals surface area contributed by atoms with Crippen molar-refractivity contribution in [2.24, 2.45) is 5.92 Å². The largest absolute Gasteiger partial charge is 0.490 e. The topological polar surface area (TPSA) is 86.5 Å². The fourth-order valence-corrected chi connectivity index (χ4v) is 1.94. The van der Waals surface area contributed by atoms with E-state index in [0.717, 1.165) is 6.42 Å². The van der Waals surface area contributed by atoms with Crippen LogP contribution in [0.2, 0.25) is 0 Å². The molecule has 0 saturated carbocycles. The minimum Gasteiger partial charge on any atom is -0.490 e. The molecular weight excluding hydrogens is 234 g/mol. The molecule has 94 valence electrons. The van der Waals surface area contributed by atoms with Gasteiger partial charge in [0.1, 0.15) is 6.07 Å². The highest BCUT2D eigenvalue weighted by Crippen LogP contribution is 2.20. The molecule has 6 heteroatoms. The first kappa shape index (κ1) is 12.2. The van der Waals surface area contributed by atoms with Crippen LogP contribution in [0.5, 0.6) is 5.75 Å². The lowest BCUT2D eigenvalue weighted by Crippen LogP contribution is -2.27. The molecule has 18 heavy (non-hydrogen) atoms. The van der Waals surface area contributed by atoms with Gasteiger partial charge in [0.2, 0.25) is 0 Å². The van der Waals surface area contributed by atoms with Gasteiger partial charge in [-0.3, -0.25) is 4.98 Å². The SMILES string of the molecule is N#Cc1ccncc1OC[C@H]1CCN(C(=O)O)C1. The number of ether oxygens (including phenoxy) is 1. The Hall–Kier alpha value is -2.29. The molecule has 1 aliphatic rings. The summed E-state index contributed by atoms with van der Waals surface area (Å²) < 4.78 is 5.54. The van der Waals surface area contributed by atoms with Crippen molar-refractivity contribution in [1.82, 2.24) is 9.88 Å². The first-order valence-electron chi connectivity index (χ1n) is 5.65. The van der Waals surface area contributed by atoms with E-state index in [1.165, 1.54) is 17.3 Å². The predicted molar refractivity (Wildman–Crippen MR) is 62.2 cm³/mol. The van der Waals surface area contributed by atoms with Gasteiger partial charge in [-0.15, -0.1) is 0 Å². The highest BCUT2D eigenvalue weighted by molar-refractivity contribution is 5.65. The minimum atomic E-state index is -0.892. The van der Waals surface area contributed by atoms with Crippen molar-refractivity contribution in [3.05, 3.63) is 24.0 Å². The Morgan fingerprint density at radius 2 is 2.56 bits per heavy atom. The van der Waals surface area contributed by atoms with Gasteiger partial charge in [-0.05, 0) is 12.5 Å². The summed E-state index contributed by atoms with van der Waals surface area (Å²) in [4.78, 5) is 16.0. The summed E-state index contributed by atoms with van der Waals surface area (Å²) in [7, 11) is 0. The van der Waals surface area contributed by atoms with Gasteiger partial charge in [-0.25, -0.2) is 4.79 Å². The van der Waals surface area contributed by atoms with E-state index in [1.54, 1.807) is 6.07 Å². The Morgan fingerprint density at radius 1 is 1.72 bits per heavy atom. The highest BCUT2D eigenvalue weighted by atomic mass is 16.5. The molecule has 0 unspecified atom stereocenters. The van der Waals surface area contributed by atoms with E-state index in [-0.39, 0.29) is 5.92 Å². The Morgan fingerprint density at radius 3 is 3.22 bits per heavy atom. The molecule has 1 aromatic heterocycles. The van der Waals surface area contributed by atoms with E-state index in [4.69, 9.17) is 15.1 Å². The molecule has 6 nitrogen and oxygen atoms in total. The standard InChI is InChI=1S/C12H13N3O3/c13-5-10-1-3-14-6-11(10)18-8-9-2-4-15(7-9)12(16)17/h1,3,6,9H,2,4,7-8H2,(H,16,17)/t9-/m0/s1. The predicted octanol–water partition coefficient (Wildman–Crippen LogP) is 1.33. The molecule has 0 radical (unpaired) electrons. The number of pyridine rings is 1. The third kappa shape index (κ3) is 2.69. The summed E-state index contributed by atoms with van der Waals surface area (Å²) in [6.45, 7) is 1.43. The molecule has 2 rings (SSSR count). The highest BCUT2D eigenvalue weighted by Gasteiger charge is 2.26. The maximum Gasteiger partial charge on any atom is 0.407 e. The summed E-state index contributed by atoms with van der Waals surface area (Å²) in [5.74, 6) is 0.627. The zero-order valence-corrected chi connectivity index (χ0v) is 9.74. The Kier molecular flexibility index (Phi) is 3.63. The third-order valence-corrected chi connectivity index (χ3v) is 2.94. The lowest BCUT2D eigenvalue weighted by atomic mass is 10.1. The van der Waals surface area contributed by atoms with Crippen molar-refractivity contribution in [3.8, 4) is 11.8 Å².